The lowest BCUT2D eigenvalue weighted by Crippen LogP contribution is -2.55. The van der Waals surface area contributed by atoms with Crippen molar-refractivity contribution in [2.45, 2.75) is 52.1 Å². The van der Waals surface area contributed by atoms with Gasteiger partial charge in [0.1, 0.15) is 5.60 Å². The molecule has 0 aliphatic carbocycles. The van der Waals surface area contributed by atoms with Crippen molar-refractivity contribution in [3.63, 3.8) is 0 Å². The zero-order valence-electron chi connectivity index (χ0n) is 16.0. The average molecular weight is 359 g/mol. The number of likely N-dealkylation sites (tertiary alicyclic amines) is 2. The van der Waals surface area contributed by atoms with Crippen LogP contribution in [0, 0.1) is 5.41 Å². The van der Waals surface area contributed by atoms with Gasteiger partial charge in [-0.15, -0.1) is 0 Å². The van der Waals surface area contributed by atoms with Gasteiger partial charge in [0.05, 0.1) is 5.56 Å². The highest BCUT2D eigenvalue weighted by molar-refractivity contribution is 5.94. The van der Waals surface area contributed by atoms with Crippen LogP contribution in [-0.4, -0.2) is 58.6 Å². The van der Waals surface area contributed by atoms with Gasteiger partial charge in [0.2, 0.25) is 0 Å². The van der Waals surface area contributed by atoms with E-state index >= 15 is 0 Å². The van der Waals surface area contributed by atoms with Gasteiger partial charge in [-0.25, -0.2) is 4.79 Å². The molecule has 0 bridgehead atoms. The van der Waals surface area contributed by atoms with Crippen molar-refractivity contribution >= 4 is 12.0 Å². The van der Waals surface area contributed by atoms with E-state index in [4.69, 9.17) is 4.74 Å². The van der Waals surface area contributed by atoms with Crippen LogP contribution in [0.3, 0.4) is 0 Å². The molecule has 3 rings (SSSR count). The first-order chi connectivity index (χ1) is 12.3. The summed E-state index contributed by atoms with van der Waals surface area (Å²) >= 11 is 0. The first-order valence-corrected chi connectivity index (χ1v) is 9.45. The second-order valence-corrected chi connectivity index (χ2v) is 8.58. The fourth-order valence-corrected chi connectivity index (χ4v) is 4.08. The summed E-state index contributed by atoms with van der Waals surface area (Å²) in [6, 6.07) is 3.60. The van der Waals surface area contributed by atoms with Crippen LogP contribution < -0.4 is 0 Å². The number of carbonyl (C=O) groups excluding carboxylic acids is 2. The Morgan fingerprint density at radius 3 is 2.38 bits per heavy atom. The topological polar surface area (TPSA) is 62.7 Å². The molecule has 2 fully saturated rings. The summed E-state index contributed by atoms with van der Waals surface area (Å²) in [6.07, 6.45) is 7.06. The molecule has 1 unspecified atom stereocenters. The number of amides is 2. The lowest BCUT2D eigenvalue weighted by atomic mass is 9.73. The van der Waals surface area contributed by atoms with E-state index in [-0.39, 0.29) is 17.4 Å². The number of aromatic nitrogens is 1. The maximum Gasteiger partial charge on any atom is 0.410 e. The van der Waals surface area contributed by atoms with E-state index in [1.165, 1.54) is 0 Å². The molecule has 0 aromatic carbocycles. The van der Waals surface area contributed by atoms with E-state index in [9.17, 15) is 9.59 Å². The summed E-state index contributed by atoms with van der Waals surface area (Å²) in [6.45, 7) is 8.52. The number of rotatable bonds is 1. The summed E-state index contributed by atoms with van der Waals surface area (Å²) in [4.78, 5) is 33.1. The quantitative estimate of drug-likeness (QED) is 0.771. The van der Waals surface area contributed by atoms with Crippen molar-refractivity contribution in [2.24, 2.45) is 5.41 Å². The molecular formula is C20H29N3O3. The third-order valence-corrected chi connectivity index (χ3v) is 5.17. The summed E-state index contributed by atoms with van der Waals surface area (Å²) in [7, 11) is 0. The van der Waals surface area contributed by atoms with Crippen LogP contribution in [-0.2, 0) is 4.74 Å². The molecule has 26 heavy (non-hydrogen) atoms. The van der Waals surface area contributed by atoms with Gasteiger partial charge in [-0.1, -0.05) is 0 Å². The highest BCUT2D eigenvalue weighted by Gasteiger charge is 2.42. The maximum atomic E-state index is 12.8. The molecule has 3 heterocycles. The second-order valence-electron chi connectivity index (χ2n) is 8.58. The molecule has 0 radical (unpaired) electrons. The van der Waals surface area contributed by atoms with Gasteiger partial charge in [-0.05, 0) is 58.6 Å². The molecular weight excluding hydrogens is 330 g/mol. The fraction of sp³-hybridized carbons (Fsp3) is 0.650. The standard InChI is InChI=1S/C20H29N3O3/c1-19(2,3)26-18(25)23-12-6-9-20(15-23)8-5-11-22(14-20)17(24)16-7-4-10-21-13-16/h4,7,10,13H,5-6,8-9,11-12,14-15H2,1-3H3. The predicted octanol–water partition coefficient (Wildman–Crippen LogP) is 3.33. The zero-order valence-corrected chi connectivity index (χ0v) is 16.0. The van der Waals surface area contributed by atoms with E-state index in [2.05, 4.69) is 4.98 Å². The van der Waals surface area contributed by atoms with Gasteiger partial charge >= 0.3 is 6.09 Å². The minimum absolute atomic E-state index is 0.0225. The Hall–Kier alpha value is -2.11. The van der Waals surface area contributed by atoms with Crippen molar-refractivity contribution in [2.75, 3.05) is 26.2 Å². The fourth-order valence-electron chi connectivity index (χ4n) is 4.08. The number of ether oxygens (including phenoxy) is 1. The number of pyridine rings is 1. The normalized spacial score (nSPS) is 23.8. The summed E-state index contributed by atoms with van der Waals surface area (Å²) < 4.78 is 5.55. The van der Waals surface area contributed by atoms with Gasteiger partial charge in [-0.3, -0.25) is 9.78 Å². The van der Waals surface area contributed by atoms with Crippen molar-refractivity contribution in [1.29, 1.82) is 0 Å². The average Bonchev–Trinajstić information content (AvgIpc) is 2.60. The van der Waals surface area contributed by atoms with Crippen molar-refractivity contribution in [1.82, 2.24) is 14.8 Å². The Balaban J connectivity index is 1.69. The van der Waals surface area contributed by atoms with Crippen LogP contribution in [0.25, 0.3) is 0 Å². The third-order valence-electron chi connectivity index (χ3n) is 5.17. The molecule has 142 valence electrons. The largest absolute Gasteiger partial charge is 0.444 e. The minimum atomic E-state index is -0.490. The summed E-state index contributed by atoms with van der Waals surface area (Å²) in [5.74, 6) is 0.0339. The molecule has 0 saturated carbocycles. The Morgan fingerprint density at radius 1 is 1.12 bits per heavy atom. The highest BCUT2D eigenvalue weighted by Crippen LogP contribution is 2.39. The van der Waals surface area contributed by atoms with Crippen molar-refractivity contribution < 1.29 is 14.3 Å². The molecule has 6 heteroatoms. The predicted molar refractivity (Wildman–Crippen MR) is 98.8 cm³/mol. The second kappa shape index (κ2) is 7.25. The van der Waals surface area contributed by atoms with Crippen molar-refractivity contribution in [3.05, 3.63) is 30.1 Å². The highest BCUT2D eigenvalue weighted by atomic mass is 16.6. The number of carbonyl (C=O) groups is 2. The first-order valence-electron chi connectivity index (χ1n) is 9.45. The Bertz CT molecular complexity index is 652. The molecule has 2 amide bonds. The van der Waals surface area contributed by atoms with Gasteiger partial charge in [0.15, 0.2) is 0 Å². The van der Waals surface area contributed by atoms with E-state index in [1.807, 2.05) is 36.6 Å². The van der Waals surface area contributed by atoms with Crippen LogP contribution in [0.2, 0.25) is 0 Å². The Labute approximate surface area is 155 Å². The molecule has 2 aliphatic heterocycles. The van der Waals surface area contributed by atoms with Gasteiger partial charge in [-0.2, -0.15) is 0 Å². The molecule has 6 nitrogen and oxygen atoms in total. The van der Waals surface area contributed by atoms with Crippen LogP contribution >= 0.6 is 0 Å². The first kappa shape index (κ1) is 18.7. The molecule has 0 N–H and O–H groups in total. The van der Waals surface area contributed by atoms with E-state index < -0.39 is 5.60 Å². The lowest BCUT2D eigenvalue weighted by molar-refractivity contribution is -0.0129. The van der Waals surface area contributed by atoms with E-state index in [1.54, 1.807) is 18.5 Å². The monoisotopic (exact) mass is 359 g/mol. The Morgan fingerprint density at radius 2 is 1.77 bits per heavy atom. The van der Waals surface area contributed by atoms with Gasteiger partial charge < -0.3 is 14.5 Å². The molecule has 1 spiro atoms. The van der Waals surface area contributed by atoms with Crippen LogP contribution in [0.4, 0.5) is 4.79 Å². The van der Waals surface area contributed by atoms with E-state index in [0.29, 0.717) is 18.7 Å². The van der Waals surface area contributed by atoms with Gasteiger partial charge in [0.25, 0.3) is 5.91 Å². The summed E-state index contributed by atoms with van der Waals surface area (Å²) in [5.41, 5.74) is 0.117. The number of nitrogens with zero attached hydrogens (tertiary/aromatic N) is 3. The SMILES string of the molecule is CC(C)(C)OC(=O)N1CCCC2(CCCN(C(=O)c3cccnc3)C2)C1. The maximum absolute atomic E-state index is 12.8. The summed E-state index contributed by atoms with van der Waals surface area (Å²) in [5, 5.41) is 0. The lowest BCUT2D eigenvalue weighted by Gasteiger charge is -2.48. The zero-order chi connectivity index (χ0) is 18.8. The molecule has 1 atom stereocenters. The van der Waals surface area contributed by atoms with Gasteiger partial charge in [0, 0.05) is 44.0 Å². The minimum Gasteiger partial charge on any atom is -0.444 e. The molecule has 2 saturated heterocycles. The number of hydrogen-bond acceptors (Lipinski definition) is 4. The molecule has 1 aromatic rings. The number of piperidine rings is 2. The van der Waals surface area contributed by atoms with Crippen molar-refractivity contribution in [3.8, 4) is 0 Å². The molecule has 2 aliphatic rings. The number of hydrogen-bond donors (Lipinski definition) is 0. The van der Waals surface area contributed by atoms with Crippen LogP contribution in [0.5, 0.6) is 0 Å². The van der Waals surface area contributed by atoms with Crippen LogP contribution in [0.1, 0.15) is 56.8 Å². The van der Waals surface area contributed by atoms with E-state index in [0.717, 1.165) is 38.8 Å². The van der Waals surface area contributed by atoms with Crippen LogP contribution in [0.15, 0.2) is 24.5 Å². The smallest absolute Gasteiger partial charge is 0.410 e. The Kier molecular flexibility index (Phi) is 5.21. The molecule has 1 aromatic heterocycles. The third kappa shape index (κ3) is 4.34.